The minimum Gasteiger partial charge on any atom is -0.496 e. The van der Waals surface area contributed by atoms with E-state index in [0.29, 0.717) is 22.8 Å². The largest absolute Gasteiger partial charge is 0.496 e. The van der Waals surface area contributed by atoms with E-state index >= 15 is 0 Å². The molecule has 0 aliphatic rings. The zero-order valence-electron chi connectivity index (χ0n) is 16.6. The molecular weight excluding hydrogens is 420 g/mol. The summed E-state index contributed by atoms with van der Waals surface area (Å²) in [7, 11) is 1.87. The number of nitrogens with zero attached hydrogens (tertiary/aromatic N) is 1. The molecule has 29 heavy (non-hydrogen) atoms. The van der Waals surface area contributed by atoms with Gasteiger partial charge in [0.15, 0.2) is 0 Å². The lowest BCUT2D eigenvalue weighted by molar-refractivity contribution is -0.121. The third kappa shape index (κ3) is 5.31. The highest BCUT2D eigenvalue weighted by atomic mass is 35.5. The van der Waals surface area contributed by atoms with Crippen LogP contribution in [0, 0.1) is 0 Å². The van der Waals surface area contributed by atoms with Crippen LogP contribution in [0.2, 0.25) is 5.02 Å². The molecule has 2 aromatic rings. The highest BCUT2D eigenvalue weighted by Gasteiger charge is 2.24. The van der Waals surface area contributed by atoms with Crippen LogP contribution in [0.25, 0.3) is 0 Å². The highest BCUT2D eigenvalue weighted by molar-refractivity contribution is 7.89. The second-order valence-electron chi connectivity index (χ2n) is 5.98. The maximum atomic E-state index is 12.7. The number of halogens is 1. The molecule has 0 unspecified atom stereocenters. The predicted octanol–water partition coefficient (Wildman–Crippen LogP) is 2.30. The Kier molecular flexibility index (Phi) is 7.72. The average molecular weight is 443 g/mol. The summed E-state index contributed by atoms with van der Waals surface area (Å²) in [5, 5.41) is 2.84. The number of carbonyl (C=O) groups excluding carboxylic acids is 1. The molecule has 0 aliphatic heterocycles. The van der Waals surface area contributed by atoms with E-state index in [1.807, 2.05) is 0 Å². The van der Waals surface area contributed by atoms with Gasteiger partial charge in [-0.2, -0.15) is 4.31 Å². The van der Waals surface area contributed by atoms with Crippen molar-refractivity contribution in [3.05, 3.63) is 47.0 Å². The molecule has 0 bridgehead atoms. The van der Waals surface area contributed by atoms with Gasteiger partial charge in [0.1, 0.15) is 17.2 Å². The van der Waals surface area contributed by atoms with Gasteiger partial charge in [0.25, 0.3) is 0 Å². The van der Waals surface area contributed by atoms with E-state index in [1.165, 1.54) is 46.6 Å². The standard InChI is InChI=1S/C19H23ClN2O6S/c1-22(29(24,25)13-8-9-18(28-4)15(20)10-13)12-19(23)21-11-14-16(26-2)6-5-7-17(14)27-3/h5-10H,11-12H2,1-4H3,(H,21,23). The average Bonchev–Trinajstić information content (AvgIpc) is 2.71. The number of hydrogen-bond acceptors (Lipinski definition) is 6. The number of sulfonamides is 1. The summed E-state index contributed by atoms with van der Waals surface area (Å²) in [6.07, 6.45) is 0. The highest BCUT2D eigenvalue weighted by Crippen LogP contribution is 2.29. The van der Waals surface area contributed by atoms with Crippen LogP contribution in [-0.2, 0) is 21.4 Å². The Morgan fingerprint density at radius 1 is 1.03 bits per heavy atom. The summed E-state index contributed by atoms with van der Waals surface area (Å²) in [6, 6.07) is 9.36. The Bertz CT molecular complexity index is 958. The van der Waals surface area contributed by atoms with E-state index in [-0.39, 0.29) is 23.0 Å². The molecule has 1 N–H and O–H groups in total. The van der Waals surface area contributed by atoms with Crippen LogP contribution in [-0.4, -0.2) is 53.6 Å². The lowest BCUT2D eigenvalue weighted by Crippen LogP contribution is -2.38. The lowest BCUT2D eigenvalue weighted by atomic mass is 10.1. The molecule has 0 fully saturated rings. The molecule has 2 rings (SSSR count). The smallest absolute Gasteiger partial charge is 0.243 e. The Balaban J connectivity index is 2.08. The van der Waals surface area contributed by atoms with Gasteiger partial charge in [0.2, 0.25) is 15.9 Å². The van der Waals surface area contributed by atoms with Crippen molar-refractivity contribution in [3.8, 4) is 17.2 Å². The second-order valence-corrected chi connectivity index (χ2v) is 8.43. The number of benzene rings is 2. The first-order valence-corrected chi connectivity index (χ1v) is 10.3. The molecule has 0 saturated heterocycles. The second kappa shape index (κ2) is 9.82. The van der Waals surface area contributed by atoms with Gasteiger partial charge in [-0.1, -0.05) is 17.7 Å². The molecule has 0 aliphatic carbocycles. The molecule has 1 amide bonds. The topological polar surface area (TPSA) is 94.2 Å². The van der Waals surface area contributed by atoms with E-state index in [0.717, 1.165) is 4.31 Å². The first-order valence-electron chi connectivity index (χ1n) is 8.51. The van der Waals surface area contributed by atoms with E-state index in [9.17, 15) is 13.2 Å². The van der Waals surface area contributed by atoms with Crippen LogP contribution in [0.5, 0.6) is 17.2 Å². The van der Waals surface area contributed by atoms with Crippen molar-refractivity contribution in [2.45, 2.75) is 11.4 Å². The van der Waals surface area contributed by atoms with Crippen LogP contribution in [0.1, 0.15) is 5.56 Å². The van der Waals surface area contributed by atoms with Crippen LogP contribution in [0.4, 0.5) is 0 Å². The monoisotopic (exact) mass is 442 g/mol. The number of hydrogen-bond donors (Lipinski definition) is 1. The Morgan fingerprint density at radius 3 is 2.14 bits per heavy atom. The van der Waals surface area contributed by atoms with Crippen molar-refractivity contribution in [1.29, 1.82) is 0 Å². The molecule has 8 nitrogen and oxygen atoms in total. The van der Waals surface area contributed by atoms with Crippen molar-refractivity contribution in [2.24, 2.45) is 0 Å². The first kappa shape index (κ1) is 22.8. The fraction of sp³-hybridized carbons (Fsp3) is 0.316. The maximum absolute atomic E-state index is 12.7. The number of methoxy groups -OCH3 is 3. The SMILES string of the molecule is COc1ccc(S(=O)(=O)N(C)CC(=O)NCc2c(OC)cccc2OC)cc1Cl. The van der Waals surface area contributed by atoms with Crippen molar-refractivity contribution >= 4 is 27.5 Å². The van der Waals surface area contributed by atoms with E-state index in [2.05, 4.69) is 5.32 Å². The van der Waals surface area contributed by atoms with Gasteiger partial charge in [-0.05, 0) is 30.3 Å². The molecule has 10 heteroatoms. The van der Waals surface area contributed by atoms with Crippen LogP contribution in [0.15, 0.2) is 41.3 Å². The molecule has 0 radical (unpaired) electrons. The van der Waals surface area contributed by atoms with Gasteiger partial charge < -0.3 is 19.5 Å². The van der Waals surface area contributed by atoms with Gasteiger partial charge in [-0.25, -0.2) is 8.42 Å². The van der Waals surface area contributed by atoms with E-state index in [4.69, 9.17) is 25.8 Å². The van der Waals surface area contributed by atoms with Crippen LogP contribution < -0.4 is 19.5 Å². The molecular formula is C19H23ClN2O6S. The fourth-order valence-corrected chi connectivity index (χ4v) is 4.10. The molecule has 2 aromatic carbocycles. The Morgan fingerprint density at radius 2 is 1.62 bits per heavy atom. The predicted molar refractivity (Wildman–Crippen MR) is 109 cm³/mol. The minimum atomic E-state index is -3.91. The summed E-state index contributed by atoms with van der Waals surface area (Å²) in [4.78, 5) is 12.3. The van der Waals surface area contributed by atoms with Gasteiger partial charge in [-0.3, -0.25) is 4.79 Å². The molecule has 158 valence electrons. The van der Waals surface area contributed by atoms with Gasteiger partial charge in [-0.15, -0.1) is 0 Å². The van der Waals surface area contributed by atoms with Crippen molar-refractivity contribution < 1.29 is 27.4 Å². The van der Waals surface area contributed by atoms with Gasteiger partial charge in [0.05, 0.1) is 49.9 Å². The number of carbonyl (C=O) groups is 1. The summed E-state index contributed by atoms with van der Waals surface area (Å²) in [6.45, 7) is -0.252. The van der Waals surface area contributed by atoms with Gasteiger partial charge >= 0.3 is 0 Å². The number of nitrogens with one attached hydrogen (secondary N) is 1. The van der Waals surface area contributed by atoms with E-state index in [1.54, 1.807) is 18.2 Å². The lowest BCUT2D eigenvalue weighted by Gasteiger charge is -2.18. The summed E-state index contributed by atoms with van der Waals surface area (Å²) >= 11 is 6.01. The first-order chi connectivity index (χ1) is 13.7. The third-order valence-electron chi connectivity index (χ3n) is 4.19. The molecule has 0 atom stereocenters. The Labute approximate surface area is 175 Å². The number of ether oxygens (including phenoxy) is 3. The zero-order chi connectivity index (χ0) is 21.6. The summed E-state index contributed by atoms with van der Waals surface area (Å²) in [5.74, 6) is 0.984. The van der Waals surface area contributed by atoms with Crippen molar-refractivity contribution in [3.63, 3.8) is 0 Å². The zero-order valence-corrected chi connectivity index (χ0v) is 18.1. The third-order valence-corrected chi connectivity index (χ3v) is 6.28. The van der Waals surface area contributed by atoms with Crippen molar-refractivity contribution in [2.75, 3.05) is 34.9 Å². The summed E-state index contributed by atoms with van der Waals surface area (Å²) < 4.78 is 41.9. The molecule has 0 spiro atoms. The number of likely N-dealkylation sites (N-methyl/N-ethyl adjacent to an activating group) is 1. The molecule has 0 saturated carbocycles. The van der Waals surface area contributed by atoms with Crippen molar-refractivity contribution in [1.82, 2.24) is 9.62 Å². The minimum absolute atomic E-state index is 0.0370. The fourth-order valence-electron chi connectivity index (χ4n) is 2.62. The van der Waals surface area contributed by atoms with Gasteiger partial charge in [0, 0.05) is 7.05 Å². The summed E-state index contributed by atoms with van der Waals surface area (Å²) in [5.41, 5.74) is 0.651. The quantitative estimate of drug-likeness (QED) is 0.640. The molecule has 0 heterocycles. The maximum Gasteiger partial charge on any atom is 0.243 e. The van der Waals surface area contributed by atoms with E-state index < -0.39 is 15.9 Å². The van der Waals surface area contributed by atoms with Crippen LogP contribution >= 0.6 is 11.6 Å². The van der Waals surface area contributed by atoms with Crippen LogP contribution in [0.3, 0.4) is 0 Å². The number of amides is 1. The molecule has 0 aromatic heterocycles. The normalized spacial score (nSPS) is 11.2. The number of rotatable bonds is 9. The Hall–Kier alpha value is -2.49.